The van der Waals surface area contributed by atoms with Gasteiger partial charge in [0.2, 0.25) is 0 Å². The molecule has 0 saturated carbocycles. The zero-order valence-corrected chi connectivity index (χ0v) is 26.0. The molecule has 4 aromatic rings. The molecular weight excluding hydrogens is 584 g/mol. The van der Waals surface area contributed by atoms with E-state index < -0.39 is 11.9 Å². The summed E-state index contributed by atoms with van der Waals surface area (Å²) in [4.78, 5) is 35.2. The molecule has 0 N–H and O–H groups in total. The molecule has 46 heavy (non-hydrogen) atoms. The van der Waals surface area contributed by atoms with Crippen LogP contribution < -0.4 is 14.2 Å². The van der Waals surface area contributed by atoms with Crippen molar-refractivity contribution < 1.29 is 38.1 Å². The van der Waals surface area contributed by atoms with E-state index in [4.69, 9.17) is 23.7 Å². The second-order valence-corrected chi connectivity index (χ2v) is 10.5. The molecule has 0 amide bonds. The van der Waals surface area contributed by atoms with Crippen molar-refractivity contribution in [1.29, 1.82) is 0 Å². The average molecular weight is 623 g/mol. The lowest BCUT2D eigenvalue weighted by Crippen LogP contribution is -2.10. The maximum Gasteiger partial charge on any atom is 0.343 e. The molecule has 0 bridgehead atoms. The average Bonchev–Trinajstić information content (AvgIpc) is 3.08. The maximum absolute atomic E-state index is 13.0. The minimum Gasteiger partial charge on any atom is -0.494 e. The Balaban J connectivity index is 1.26. The summed E-state index contributed by atoms with van der Waals surface area (Å²) >= 11 is 0. The Hall–Kier alpha value is -5.37. The Morgan fingerprint density at radius 1 is 0.609 bits per heavy atom. The minimum absolute atomic E-state index is 0.142. The summed E-state index contributed by atoms with van der Waals surface area (Å²) in [6.45, 7) is 10.0. The van der Waals surface area contributed by atoms with Gasteiger partial charge in [0.1, 0.15) is 30.5 Å². The summed E-state index contributed by atoms with van der Waals surface area (Å²) in [5.74, 6) is 0.618. The van der Waals surface area contributed by atoms with Gasteiger partial charge in [0.25, 0.3) is 0 Å². The third-order valence-corrected chi connectivity index (χ3v) is 7.09. The fourth-order valence-corrected chi connectivity index (χ4v) is 4.63. The first-order valence-electron chi connectivity index (χ1n) is 15.2. The van der Waals surface area contributed by atoms with Crippen LogP contribution in [0.25, 0.3) is 21.9 Å². The number of hydrogen-bond acceptors (Lipinski definition) is 8. The maximum atomic E-state index is 13.0. The smallest absolute Gasteiger partial charge is 0.343 e. The van der Waals surface area contributed by atoms with E-state index in [2.05, 4.69) is 13.2 Å². The van der Waals surface area contributed by atoms with E-state index in [0.29, 0.717) is 30.3 Å². The van der Waals surface area contributed by atoms with E-state index >= 15 is 0 Å². The summed E-state index contributed by atoms with van der Waals surface area (Å²) < 4.78 is 27.2. The molecule has 0 saturated heterocycles. The van der Waals surface area contributed by atoms with Crippen molar-refractivity contribution in [1.82, 2.24) is 0 Å². The molecule has 0 spiro atoms. The number of fused-ring (bicyclic) bond motifs is 1. The molecule has 4 aromatic carbocycles. The zero-order valence-electron chi connectivity index (χ0n) is 26.0. The summed E-state index contributed by atoms with van der Waals surface area (Å²) in [7, 11) is 0. The predicted molar refractivity (Wildman–Crippen MR) is 177 cm³/mol. The van der Waals surface area contributed by atoms with Crippen LogP contribution in [0.1, 0.15) is 41.6 Å². The molecule has 0 aromatic heterocycles. The Kier molecular flexibility index (Phi) is 12.5. The highest BCUT2D eigenvalue weighted by Gasteiger charge is 2.13. The number of esters is 3. The van der Waals surface area contributed by atoms with E-state index in [0.717, 1.165) is 65.0 Å². The quantitative estimate of drug-likeness (QED) is 0.0509. The SMILES string of the molecule is C=CC(=O)OCCCCCCOc1ccc2cc(C(=O)Oc3ccc(-c4ccc(OCCOC(=O)C=C)cc4)cc3C)ccc2c1. The normalized spacial score (nSPS) is 10.5. The first-order chi connectivity index (χ1) is 22.4. The van der Waals surface area contributed by atoms with Crippen LogP contribution >= 0.6 is 0 Å². The van der Waals surface area contributed by atoms with Crippen molar-refractivity contribution in [3.63, 3.8) is 0 Å². The third kappa shape index (κ3) is 10.1. The van der Waals surface area contributed by atoms with Gasteiger partial charge in [0, 0.05) is 12.2 Å². The van der Waals surface area contributed by atoms with E-state index in [-0.39, 0.29) is 19.2 Å². The van der Waals surface area contributed by atoms with Crippen LogP contribution in [0, 0.1) is 6.92 Å². The van der Waals surface area contributed by atoms with E-state index in [1.165, 1.54) is 6.08 Å². The van der Waals surface area contributed by atoms with E-state index in [9.17, 15) is 14.4 Å². The number of ether oxygens (including phenoxy) is 5. The molecule has 4 rings (SSSR count). The lowest BCUT2D eigenvalue weighted by atomic mass is 10.0. The highest BCUT2D eigenvalue weighted by molar-refractivity contribution is 5.97. The summed E-state index contributed by atoms with van der Waals surface area (Å²) in [5.41, 5.74) is 3.24. The van der Waals surface area contributed by atoms with Crippen molar-refractivity contribution in [3.8, 4) is 28.4 Å². The van der Waals surface area contributed by atoms with Gasteiger partial charge in [0.05, 0.1) is 18.8 Å². The van der Waals surface area contributed by atoms with Gasteiger partial charge in [-0.15, -0.1) is 0 Å². The standard InChI is InChI=1S/C38H38O8/c1-4-36(39)44-21-9-7-6-8-20-42-34-18-14-30-25-32(11-10-31(30)26-34)38(41)46-35-19-15-29(24-27(35)3)28-12-16-33(17-13-28)43-22-23-45-37(40)5-2/h4-5,10-19,24-26H,1-2,6-9,20-23H2,3H3. The van der Waals surface area contributed by atoms with Gasteiger partial charge in [-0.2, -0.15) is 0 Å². The summed E-state index contributed by atoms with van der Waals surface area (Å²) in [6.07, 6.45) is 5.94. The molecule has 0 radical (unpaired) electrons. The van der Waals surface area contributed by atoms with Crippen LogP contribution in [-0.2, 0) is 19.1 Å². The minimum atomic E-state index is -0.482. The van der Waals surface area contributed by atoms with Gasteiger partial charge in [-0.25, -0.2) is 14.4 Å². The Morgan fingerprint density at radius 2 is 1.22 bits per heavy atom. The number of carbonyl (C=O) groups is 3. The fourth-order valence-electron chi connectivity index (χ4n) is 4.63. The van der Waals surface area contributed by atoms with Gasteiger partial charge in [-0.3, -0.25) is 0 Å². The first-order valence-corrected chi connectivity index (χ1v) is 15.2. The fraction of sp³-hybridized carbons (Fsp3) is 0.237. The molecule has 0 aliphatic carbocycles. The van der Waals surface area contributed by atoms with Crippen LogP contribution in [0.5, 0.6) is 17.2 Å². The van der Waals surface area contributed by atoms with Crippen molar-refractivity contribution in [3.05, 3.63) is 115 Å². The molecule has 0 unspecified atom stereocenters. The van der Waals surface area contributed by atoms with Crippen LogP contribution in [0.4, 0.5) is 0 Å². The van der Waals surface area contributed by atoms with Gasteiger partial charge in [0.15, 0.2) is 0 Å². The number of carbonyl (C=O) groups excluding carboxylic acids is 3. The van der Waals surface area contributed by atoms with Gasteiger partial charge >= 0.3 is 17.9 Å². The molecular formula is C38H38O8. The number of unbranched alkanes of at least 4 members (excludes halogenated alkanes) is 3. The number of hydrogen-bond donors (Lipinski definition) is 0. The van der Waals surface area contributed by atoms with E-state index in [1.807, 2.05) is 73.7 Å². The van der Waals surface area contributed by atoms with Crippen molar-refractivity contribution in [2.24, 2.45) is 0 Å². The molecule has 0 aliphatic rings. The lowest BCUT2D eigenvalue weighted by Gasteiger charge is -2.11. The summed E-state index contributed by atoms with van der Waals surface area (Å²) in [5, 5.41) is 1.87. The second-order valence-electron chi connectivity index (χ2n) is 10.5. The van der Waals surface area contributed by atoms with Crippen molar-refractivity contribution in [2.75, 3.05) is 26.4 Å². The van der Waals surface area contributed by atoms with Crippen LogP contribution in [-0.4, -0.2) is 44.3 Å². The molecule has 0 fully saturated rings. The van der Waals surface area contributed by atoms with E-state index in [1.54, 1.807) is 12.1 Å². The lowest BCUT2D eigenvalue weighted by molar-refractivity contribution is -0.139. The predicted octanol–water partition coefficient (Wildman–Crippen LogP) is 7.81. The van der Waals surface area contributed by atoms with Crippen LogP contribution in [0.2, 0.25) is 0 Å². The van der Waals surface area contributed by atoms with Crippen LogP contribution in [0.3, 0.4) is 0 Å². The van der Waals surface area contributed by atoms with Gasteiger partial charge < -0.3 is 23.7 Å². The van der Waals surface area contributed by atoms with Gasteiger partial charge in [-0.05, 0) is 109 Å². The van der Waals surface area contributed by atoms with Crippen molar-refractivity contribution >= 4 is 28.7 Å². The molecule has 8 heteroatoms. The topological polar surface area (TPSA) is 97.4 Å². The van der Waals surface area contributed by atoms with Crippen molar-refractivity contribution in [2.45, 2.75) is 32.6 Å². The Morgan fingerprint density at radius 3 is 1.93 bits per heavy atom. The Bertz CT molecular complexity index is 1670. The van der Waals surface area contributed by atoms with Crippen LogP contribution in [0.15, 0.2) is 104 Å². The second kappa shape index (κ2) is 17.2. The Labute approximate surface area is 269 Å². The molecule has 0 heterocycles. The first kappa shape index (κ1) is 33.5. The monoisotopic (exact) mass is 622 g/mol. The third-order valence-electron chi connectivity index (χ3n) is 7.09. The number of aryl methyl sites for hydroxylation is 1. The zero-order chi connectivity index (χ0) is 32.7. The largest absolute Gasteiger partial charge is 0.494 e. The highest BCUT2D eigenvalue weighted by atomic mass is 16.6. The molecule has 238 valence electrons. The molecule has 8 nitrogen and oxygen atoms in total. The highest BCUT2D eigenvalue weighted by Crippen LogP contribution is 2.29. The summed E-state index contributed by atoms with van der Waals surface area (Å²) in [6, 6.07) is 24.5. The van der Waals surface area contributed by atoms with Gasteiger partial charge in [-0.1, -0.05) is 43.5 Å². The molecule has 0 atom stereocenters. The molecule has 0 aliphatic heterocycles. The number of rotatable bonds is 17. The number of benzene rings is 4.